The van der Waals surface area contributed by atoms with Gasteiger partial charge in [-0.1, -0.05) is 0 Å². The second kappa shape index (κ2) is 8.49. The number of carbonyl (C=O) groups excluding carboxylic acids is 1. The Morgan fingerprint density at radius 2 is 1.83 bits per heavy atom. The number of anilines is 1. The van der Waals surface area contributed by atoms with Gasteiger partial charge in [0.1, 0.15) is 5.75 Å². The van der Waals surface area contributed by atoms with Crippen LogP contribution in [0.4, 0.5) is 5.69 Å². The molecule has 0 fully saturated rings. The fraction of sp³-hybridized carbons (Fsp3) is 0.227. The molecule has 2 heterocycles. The molecule has 8 heteroatoms. The molecule has 2 aromatic carbocycles. The SMILES string of the molecule is CCOc1ccc(NS(=O)(=O)c2ccc(C(=O)N3CCc4sccc4C3)cc2)cc1. The quantitative estimate of drug-likeness (QED) is 0.622. The van der Waals surface area contributed by atoms with E-state index in [1.54, 1.807) is 52.6 Å². The van der Waals surface area contributed by atoms with Gasteiger partial charge in [0.2, 0.25) is 0 Å². The maximum atomic E-state index is 12.8. The van der Waals surface area contributed by atoms with Gasteiger partial charge in [-0.25, -0.2) is 8.42 Å². The zero-order valence-electron chi connectivity index (χ0n) is 16.5. The maximum absolute atomic E-state index is 12.8. The summed E-state index contributed by atoms with van der Waals surface area (Å²) in [6, 6.07) is 14.8. The first-order valence-electron chi connectivity index (χ1n) is 9.66. The Morgan fingerprint density at radius 1 is 1.10 bits per heavy atom. The number of rotatable bonds is 6. The normalized spacial score (nSPS) is 13.6. The van der Waals surface area contributed by atoms with E-state index in [4.69, 9.17) is 4.74 Å². The molecular formula is C22H22N2O4S2. The van der Waals surface area contributed by atoms with E-state index in [2.05, 4.69) is 16.2 Å². The van der Waals surface area contributed by atoms with Crippen molar-refractivity contribution in [1.82, 2.24) is 4.90 Å². The molecule has 0 atom stereocenters. The molecule has 0 saturated heterocycles. The predicted molar refractivity (Wildman–Crippen MR) is 118 cm³/mol. The molecule has 0 aliphatic carbocycles. The Bertz CT molecular complexity index is 1140. The molecule has 1 aliphatic heterocycles. The maximum Gasteiger partial charge on any atom is 0.261 e. The van der Waals surface area contributed by atoms with E-state index >= 15 is 0 Å². The number of fused-ring (bicyclic) bond motifs is 1. The summed E-state index contributed by atoms with van der Waals surface area (Å²) in [5.74, 6) is 0.589. The summed E-state index contributed by atoms with van der Waals surface area (Å²) in [5, 5.41) is 2.05. The number of sulfonamides is 1. The summed E-state index contributed by atoms with van der Waals surface area (Å²) in [6.07, 6.45) is 0.858. The second-order valence-electron chi connectivity index (χ2n) is 6.93. The number of hydrogen-bond donors (Lipinski definition) is 1. The van der Waals surface area contributed by atoms with Crippen LogP contribution in [0.5, 0.6) is 5.75 Å². The van der Waals surface area contributed by atoms with E-state index in [9.17, 15) is 13.2 Å². The summed E-state index contributed by atoms with van der Waals surface area (Å²) >= 11 is 1.72. The molecule has 3 aromatic rings. The Morgan fingerprint density at radius 3 is 2.53 bits per heavy atom. The third-order valence-corrected chi connectivity index (χ3v) is 7.34. The average molecular weight is 443 g/mol. The third-order valence-electron chi connectivity index (χ3n) is 4.92. The van der Waals surface area contributed by atoms with Crippen molar-refractivity contribution in [3.8, 4) is 5.75 Å². The summed E-state index contributed by atoms with van der Waals surface area (Å²) in [4.78, 5) is 16.1. The lowest BCUT2D eigenvalue weighted by atomic mass is 10.1. The lowest BCUT2D eigenvalue weighted by Crippen LogP contribution is -2.35. The third kappa shape index (κ3) is 4.34. The smallest absolute Gasteiger partial charge is 0.261 e. The second-order valence-corrected chi connectivity index (χ2v) is 9.62. The van der Waals surface area contributed by atoms with Crippen molar-refractivity contribution < 1.29 is 17.9 Å². The molecule has 0 radical (unpaired) electrons. The predicted octanol–water partition coefficient (Wildman–Crippen LogP) is 4.15. The van der Waals surface area contributed by atoms with E-state index in [0.29, 0.717) is 36.7 Å². The standard InChI is InChI=1S/C22H22N2O4S2/c1-2-28-19-7-5-18(6-8-19)23-30(26,27)20-9-3-16(4-10-20)22(25)24-13-11-21-17(15-24)12-14-29-21/h3-10,12,14,23H,2,11,13,15H2,1H3. The number of amides is 1. The molecular weight excluding hydrogens is 420 g/mol. The molecule has 156 valence electrons. The molecule has 1 aromatic heterocycles. The Balaban J connectivity index is 1.45. The van der Waals surface area contributed by atoms with Crippen molar-refractivity contribution in [2.24, 2.45) is 0 Å². The molecule has 6 nitrogen and oxygen atoms in total. The average Bonchev–Trinajstić information content (AvgIpc) is 3.23. The Labute approximate surface area is 180 Å². The van der Waals surface area contributed by atoms with Gasteiger partial charge in [-0.05, 0) is 78.9 Å². The van der Waals surface area contributed by atoms with Gasteiger partial charge < -0.3 is 9.64 Å². The molecule has 30 heavy (non-hydrogen) atoms. The number of benzene rings is 2. The van der Waals surface area contributed by atoms with E-state index in [0.717, 1.165) is 6.42 Å². The van der Waals surface area contributed by atoms with Crippen LogP contribution in [-0.4, -0.2) is 32.4 Å². The highest BCUT2D eigenvalue weighted by atomic mass is 32.2. The number of nitrogens with one attached hydrogen (secondary N) is 1. The van der Waals surface area contributed by atoms with Gasteiger partial charge in [0.25, 0.3) is 15.9 Å². The van der Waals surface area contributed by atoms with Crippen molar-refractivity contribution in [2.45, 2.75) is 24.8 Å². The first kappa shape index (κ1) is 20.4. The van der Waals surface area contributed by atoms with E-state index in [1.165, 1.54) is 22.6 Å². The van der Waals surface area contributed by atoms with Crippen molar-refractivity contribution in [3.05, 3.63) is 76.0 Å². The molecule has 0 spiro atoms. The van der Waals surface area contributed by atoms with E-state index in [1.807, 2.05) is 6.92 Å². The van der Waals surface area contributed by atoms with Crippen LogP contribution in [0.1, 0.15) is 27.7 Å². The van der Waals surface area contributed by atoms with Crippen LogP contribution in [0.25, 0.3) is 0 Å². The highest BCUT2D eigenvalue weighted by Crippen LogP contribution is 2.25. The van der Waals surface area contributed by atoms with Crippen molar-refractivity contribution in [3.63, 3.8) is 0 Å². The number of nitrogens with zero attached hydrogens (tertiary/aromatic N) is 1. The largest absolute Gasteiger partial charge is 0.494 e. The highest BCUT2D eigenvalue weighted by Gasteiger charge is 2.23. The first-order valence-corrected chi connectivity index (χ1v) is 12.0. The van der Waals surface area contributed by atoms with Gasteiger partial charge in [-0.2, -0.15) is 0 Å². The fourth-order valence-electron chi connectivity index (χ4n) is 3.38. The Hall–Kier alpha value is -2.84. The van der Waals surface area contributed by atoms with Gasteiger partial charge in [0, 0.05) is 29.2 Å². The van der Waals surface area contributed by atoms with Crippen LogP contribution in [0.2, 0.25) is 0 Å². The zero-order chi connectivity index (χ0) is 21.1. The fourth-order valence-corrected chi connectivity index (χ4v) is 5.33. The van der Waals surface area contributed by atoms with Crippen molar-refractivity contribution in [2.75, 3.05) is 17.9 Å². The molecule has 1 aliphatic rings. The summed E-state index contributed by atoms with van der Waals surface area (Å²) in [7, 11) is -3.75. The molecule has 4 rings (SSSR count). The lowest BCUT2D eigenvalue weighted by Gasteiger charge is -2.27. The highest BCUT2D eigenvalue weighted by molar-refractivity contribution is 7.92. The molecule has 1 N–H and O–H groups in total. The topological polar surface area (TPSA) is 75.7 Å². The minimum absolute atomic E-state index is 0.0877. The lowest BCUT2D eigenvalue weighted by molar-refractivity contribution is 0.0736. The first-order chi connectivity index (χ1) is 14.5. The molecule has 0 saturated carbocycles. The van der Waals surface area contributed by atoms with Crippen LogP contribution in [0.3, 0.4) is 0 Å². The monoisotopic (exact) mass is 442 g/mol. The van der Waals surface area contributed by atoms with Gasteiger partial charge in [-0.3, -0.25) is 9.52 Å². The van der Waals surface area contributed by atoms with Crippen LogP contribution < -0.4 is 9.46 Å². The number of carbonyl (C=O) groups is 1. The Kier molecular flexibility index (Phi) is 5.78. The van der Waals surface area contributed by atoms with E-state index in [-0.39, 0.29) is 10.8 Å². The van der Waals surface area contributed by atoms with Crippen LogP contribution in [0, 0.1) is 0 Å². The number of ether oxygens (including phenoxy) is 1. The van der Waals surface area contributed by atoms with Crippen molar-refractivity contribution >= 4 is 33.0 Å². The van der Waals surface area contributed by atoms with Gasteiger partial charge in [0.05, 0.1) is 11.5 Å². The van der Waals surface area contributed by atoms with Crippen molar-refractivity contribution in [1.29, 1.82) is 0 Å². The molecule has 0 bridgehead atoms. The summed E-state index contributed by atoms with van der Waals surface area (Å²) < 4.78 is 33.2. The summed E-state index contributed by atoms with van der Waals surface area (Å²) in [6.45, 7) is 3.69. The van der Waals surface area contributed by atoms with Gasteiger partial charge in [0.15, 0.2) is 0 Å². The van der Waals surface area contributed by atoms with Gasteiger partial charge >= 0.3 is 0 Å². The van der Waals surface area contributed by atoms with Crippen LogP contribution in [0.15, 0.2) is 64.9 Å². The van der Waals surface area contributed by atoms with E-state index < -0.39 is 10.0 Å². The van der Waals surface area contributed by atoms with Crippen LogP contribution in [-0.2, 0) is 23.0 Å². The minimum atomic E-state index is -3.75. The summed E-state index contributed by atoms with van der Waals surface area (Å²) in [5.41, 5.74) is 2.12. The van der Waals surface area contributed by atoms with Gasteiger partial charge in [-0.15, -0.1) is 11.3 Å². The number of thiophene rings is 1. The van der Waals surface area contributed by atoms with Crippen LogP contribution >= 0.6 is 11.3 Å². The minimum Gasteiger partial charge on any atom is -0.494 e. The number of hydrogen-bond acceptors (Lipinski definition) is 5. The molecule has 1 amide bonds. The zero-order valence-corrected chi connectivity index (χ0v) is 18.1. The molecule has 0 unspecified atom stereocenters.